The van der Waals surface area contributed by atoms with Crippen molar-refractivity contribution < 1.29 is 9.53 Å². The number of carbonyl (C=O) groups excluding carboxylic acids is 1. The lowest BCUT2D eigenvalue weighted by Crippen LogP contribution is -2.13. The highest BCUT2D eigenvalue weighted by Crippen LogP contribution is 2.19. The van der Waals surface area contributed by atoms with Crippen LogP contribution in [0.25, 0.3) is 0 Å². The summed E-state index contributed by atoms with van der Waals surface area (Å²) in [6.07, 6.45) is 0.853. The summed E-state index contributed by atoms with van der Waals surface area (Å²) < 4.78 is 7.40. The number of carbonyl (C=O) groups is 1. The number of tetrazole rings is 1. The molecule has 26 heavy (non-hydrogen) atoms. The quantitative estimate of drug-likeness (QED) is 0.707. The molecule has 0 saturated carbocycles. The monoisotopic (exact) mass is 351 g/mol. The lowest BCUT2D eigenvalue weighted by molar-refractivity contribution is 0.102. The van der Waals surface area contributed by atoms with Crippen LogP contribution in [0.5, 0.6) is 5.75 Å². The van der Waals surface area contributed by atoms with E-state index in [1.54, 1.807) is 28.9 Å². The Labute approximate surface area is 152 Å². The van der Waals surface area contributed by atoms with Crippen LogP contribution >= 0.6 is 0 Å². The molecule has 1 N–H and O–H groups in total. The van der Waals surface area contributed by atoms with Gasteiger partial charge in [-0.05, 0) is 53.6 Å². The number of hydrogen-bond acceptors (Lipinski definition) is 5. The lowest BCUT2D eigenvalue weighted by Gasteiger charge is -2.11. The van der Waals surface area contributed by atoms with Crippen molar-refractivity contribution in [1.82, 2.24) is 20.2 Å². The maximum Gasteiger partial charge on any atom is 0.255 e. The normalized spacial score (nSPS) is 10.5. The second-order valence-corrected chi connectivity index (χ2v) is 5.69. The fourth-order valence-corrected chi connectivity index (χ4v) is 2.59. The van der Waals surface area contributed by atoms with E-state index in [0.29, 0.717) is 23.7 Å². The third-order valence-electron chi connectivity index (χ3n) is 4.02. The number of benzene rings is 2. The van der Waals surface area contributed by atoms with Gasteiger partial charge < -0.3 is 10.1 Å². The maximum absolute atomic E-state index is 12.6. The molecule has 7 heteroatoms. The Bertz CT molecular complexity index is 891. The molecule has 0 atom stereocenters. The summed E-state index contributed by atoms with van der Waals surface area (Å²) in [6.45, 7) is 4.93. The van der Waals surface area contributed by atoms with Crippen molar-refractivity contribution >= 4 is 11.6 Å². The fourth-order valence-electron chi connectivity index (χ4n) is 2.59. The molecule has 7 nitrogen and oxygen atoms in total. The Morgan fingerprint density at radius 3 is 2.81 bits per heavy atom. The van der Waals surface area contributed by atoms with Crippen molar-refractivity contribution in [3.63, 3.8) is 0 Å². The summed E-state index contributed by atoms with van der Waals surface area (Å²) in [7, 11) is 0. The SMILES string of the molecule is CCc1ccccc1NC(=O)c1cccc(OCc2nnnn2CC)c1. The number of hydrogen-bond donors (Lipinski definition) is 1. The van der Waals surface area contributed by atoms with Crippen LogP contribution < -0.4 is 10.1 Å². The second-order valence-electron chi connectivity index (χ2n) is 5.69. The van der Waals surface area contributed by atoms with Crippen LogP contribution in [0.3, 0.4) is 0 Å². The first-order chi connectivity index (χ1) is 12.7. The van der Waals surface area contributed by atoms with Crippen molar-refractivity contribution in [2.75, 3.05) is 5.32 Å². The average molecular weight is 351 g/mol. The maximum atomic E-state index is 12.6. The minimum absolute atomic E-state index is 0.172. The first-order valence-corrected chi connectivity index (χ1v) is 8.58. The molecule has 134 valence electrons. The molecular weight excluding hydrogens is 330 g/mol. The first-order valence-electron chi connectivity index (χ1n) is 8.58. The number of anilines is 1. The molecule has 0 spiro atoms. The van der Waals surface area contributed by atoms with Crippen molar-refractivity contribution in [1.29, 1.82) is 0 Å². The van der Waals surface area contributed by atoms with Gasteiger partial charge in [0, 0.05) is 17.8 Å². The highest BCUT2D eigenvalue weighted by atomic mass is 16.5. The van der Waals surface area contributed by atoms with Crippen LogP contribution in [-0.2, 0) is 19.6 Å². The van der Waals surface area contributed by atoms with E-state index >= 15 is 0 Å². The van der Waals surface area contributed by atoms with Crippen LogP contribution in [0.15, 0.2) is 48.5 Å². The zero-order valence-corrected chi connectivity index (χ0v) is 14.8. The molecule has 0 unspecified atom stereocenters. The van der Waals surface area contributed by atoms with Crippen molar-refractivity contribution in [2.24, 2.45) is 0 Å². The van der Waals surface area contributed by atoms with Crippen LogP contribution in [-0.4, -0.2) is 26.1 Å². The number of para-hydroxylation sites is 1. The molecule has 0 aliphatic rings. The highest BCUT2D eigenvalue weighted by Gasteiger charge is 2.10. The van der Waals surface area contributed by atoms with Gasteiger partial charge >= 0.3 is 0 Å². The van der Waals surface area contributed by atoms with E-state index < -0.39 is 0 Å². The minimum atomic E-state index is -0.172. The Morgan fingerprint density at radius 2 is 2.00 bits per heavy atom. The predicted molar refractivity (Wildman–Crippen MR) is 98.0 cm³/mol. The minimum Gasteiger partial charge on any atom is -0.486 e. The Balaban J connectivity index is 1.69. The topological polar surface area (TPSA) is 81.9 Å². The number of nitrogens with one attached hydrogen (secondary N) is 1. The van der Waals surface area contributed by atoms with Gasteiger partial charge in [0.25, 0.3) is 5.91 Å². The second kappa shape index (κ2) is 8.24. The number of aryl methyl sites for hydroxylation is 2. The Kier molecular flexibility index (Phi) is 5.58. The molecule has 1 amide bonds. The van der Waals surface area contributed by atoms with Gasteiger partial charge in [-0.3, -0.25) is 4.79 Å². The van der Waals surface area contributed by atoms with Gasteiger partial charge in [-0.25, -0.2) is 4.68 Å². The van der Waals surface area contributed by atoms with E-state index in [0.717, 1.165) is 17.7 Å². The summed E-state index contributed by atoms with van der Waals surface area (Å²) in [5.74, 6) is 1.06. The molecule has 0 aliphatic heterocycles. The van der Waals surface area contributed by atoms with E-state index in [-0.39, 0.29) is 12.5 Å². The molecule has 3 rings (SSSR count). The van der Waals surface area contributed by atoms with Gasteiger partial charge in [0.1, 0.15) is 12.4 Å². The third kappa shape index (κ3) is 4.05. The zero-order valence-electron chi connectivity index (χ0n) is 14.8. The number of ether oxygens (including phenoxy) is 1. The van der Waals surface area contributed by atoms with Gasteiger partial charge in [0.15, 0.2) is 5.82 Å². The third-order valence-corrected chi connectivity index (χ3v) is 4.02. The molecular formula is C19H21N5O2. The van der Waals surface area contributed by atoms with Gasteiger partial charge in [-0.1, -0.05) is 31.2 Å². The Morgan fingerprint density at radius 1 is 1.15 bits per heavy atom. The summed E-state index contributed by atoms with van der Waals surface area (Å²) in [5, 5.41) is 14.4. The zero-order chi connectivity index (χ0) is 18.4. The molecule has 0 aliphatic carbocycles. The molecule has 0 bridgehead atoms. The lowest BCUT2D eigenvalue weighted by atomic mass is 10.1. The summed E-state index contributed by atoms with van der Waals surface area (Å²) in [6, 6.07) is 14.8. The fraction of sp³-hybridized carbons (Fsp3) is 0.263. The number of nitrogens with zero attached hydrogens (tertiary/aromatic N) is 4. The van der Waals surface area contributed by atoms with Crippen LogP contribution in [0, 0.1) is 0 Å². The van der Waals surface area contributed by atoms with E-state index in [1.807, 2.05) is 31.2 Å². The predicted octanol–water partition coefficient (Wildman–Crippen LogP) is 3.09. The summed E-state index contributed by atoms with van der Waals surface area (Å²) in [5.41, 5.74) is 2.46. The highest BCUT2D eigenvalue weighted by molar-refractivity contribution is 6.04. The smallest absolute Gasteiger partial charge is 0.255 e. The Hall–Kier alpha value is -3.22. The average Bonchev–Trinajstić information content (AvgIpc) is 3.14. The van der Waals surface area contributed by atoms with E-state index in [9.17, 15) is 4.79 Å². The summed E-state index contributed by atoms with van der Waals surface area (Å²) in [4.78, 5) is 12.6. The van der Waals surface area contributed by atoms with Crippen LogP contribution in [0.4, 0.5) is 5.69 Å². The van der Waals surface area contributed by atoms with Crippen LogP contribution in [0.1, 0.15) is 35.6 Å². The van der Waals surface area contributed by atoms with Crippen molar-refractivity contribution in [3.05, 3.63) is 65.5 Å². The standard InChI is InChI=1S/C19H21N5O2/c1-3-14-8-5-6-11-17(14)20-19(25)15-9-7-10-16(12-15)26-13-18-21-22-23-24(18)4-2/h5-12H,3-4,13H2,1-2H3,(H,20,25). The largest absolute Gasteiger partial charge is 0.486 e. The summed E-state index contributed by atoms with van der Waals surface area (Å²) >= 11 is 0. The molecule has 0 saturated heterocycles. The van der Waals surface area contributed by atoms with Gasteiger partial charge in [-0.2, -0.15) is 0 Å². The molecule has 2 aromatic carbocycles. The van der Waals surface area contributed by atoms with Gasteiger partial charge in [0.05, 0.1) is 0 Å². The molecule has 3 aromatic rings. The van der Waals surface area contributed by atoms with E-state index in [4.69, 9.17) is 4.74 Å². The van der Waals surface area contributed by atoms with Crippen molar-refractivity contribution in [3.8, 4) is 5.75 Å². The van der Waals surface area contributed by atoms with Crippen molar-refractivity contribution in [2.45, 2.75) is 33.4 Å². The van der Waals surface area contributed by atoms with Crippen LogP contribution in [0.2, 0.25) is 0 Å². The number of amides is 1. The molecule has 0 radical (unpaired) electrons. The molecule has 0 fully saturated rings. The van der Waals surface area contributed by atoms with Gasteiger partial charge in [-0.15, -0.1) is 5.10 Å². The molecule has 1 aromatic heterocycles. The first kappa shape index (κ1) is 17.6. The molecule has 1 heterocycles. The van der Waals surface area contributed by atoms with E-state index in [2.05, 4.69) is 27.8 Å². The van der Waals surface area contributed by atoms with E-state index in [1.165, 1.54) is 0 Å². The number of aromatic nitrogens is 4. The van der Waals surface area contributed by atoms with Gasteiger partial charge in [0.2, 0.25) is 0 Å². The number of rotatable bonds is 7.